The molecule has 1 aromatic heterocycles. The van der Waals surface area contributed by atoms with Gasteiger partial charge in [-0.3, -0.25) is 14.5 Å². The third-order valence-corrected chi connectivity index (χ3v) is 6.03. The van der Waals surface area contributed by atoms with Gasteiger partial charge in [-0.1, -0.05) is 6.07 Å². The first-order valence-corrected chi connectivity index (χ1v) is 11.9. The average Bonchev–Trinajstić information content (AvgIpc) is 3.09. The summed E-state index contributed by atoms with van der Waals surface area (Å²) in [6.45, 7) is 0.138. The summed E-state index contributed by atoms with van der Waals surface area (Å²) in [4.78, 5) is 16.5. The molecule has 1 aromatic carbocycles. The number of hydrogen-bond donors (Lipinski definition) is 3. The molecular formula is C21H25N3O6S. The van der Waals surface area contributed by atoms with Gasteiger partial charge in [0.2, 0.25) is 15.9 Å². The summed E-state index contributed by atoms with van der Waals surface area (Å²) < 4.78 is 37.6. The molecule has 2 aliphatic heterocycles. The summed E-state index contributed by atoms with van der Waals surface area (Å²) >= 11 is 0. The second kappa shape index (κ2) is 8.81. The lowest BCUT2D eigenvalue weighted by Gasteiger charge is -2.37. The van der Waals surface area contributed by atoms with Crippen LogP contribution in [-0.4, -0.2) is 55.6 Å². The van der Waals surface area contributed by atoms with Crippen molar-refractivity contribution >= 4 is 21.6 Å². The van der Waals surface area contributed by atoms with E-state index in [2.05, 4.69) is 15.0 Å². The molecule has 2 aromatic rings. The number of rotatable bonds is 7. The van der Waals surface area contributed by atoms with Gasteiger partial charge >= 0.3 is 0 Å². The van der Waals surface area contributed by atoms with Gasteiger partial charge < -0.3 is 19.9 Å². The van der Waals surface area contributed by atoms with Crippen LogP contribution >= 0.6 is 0 Å². The number of hydrogen-bond acceptors (Lipinski definition) is 7. The van der Waals surface area contributed by atoms with Crippen LogP contribution in [0.3, 0.4) is 0 Å². The molecule has 1 saturated heterocycles. The number of amides is 1. The molecule has 4 rings (SSSR count). The number of aliphatic hydroxyl groups is 1. The van der Waals surface area contributed by atoms with Gasteiger partial charge in [-0.25, -0.2) is 8.42 Å². The first-order chi connectivity index (χ1) is 14.8. The number of nitrogens with zero attached hydrogens (tertiary/aromatic N) is 1. The van der Waals surface area contributed by atoms with E-state index in [4.69, 9.17) is 9.47 Å². The number of pyridine rings is 1. The Morgan fingerprint density at radius 3 is 2.87 bits per heavy atom. The number of carbonyl (C=O) groups excluding carboxylic acids is 1. The highest BCUT2D eigenvalue weighted by Gasteiger charge is 2.46. The van der Waals surface area contributed by atoms with E-state index in [1.165, 1.54) is 0 Å². The highest BCUT2D eigenvalue weighted by atomic mass is 32.2. The van der Waals surface area contributed by atoms with Crippen molar-refractivity contribution in [3.8, 4) is 5.75 Å². The first kappa shape index (κ1) is 21.5. The molecular weight excluding hydrogens is 422 g/mol. The van der Waals surface area contributed by atoms with Crippen LogP contribution in [0.5, 0.6) is 5.75 Å². The number of carbonyl (C=O) groups is 1. The molecule has 1 fully saturated rings. The number of aromatic nitrogens is 1. The van der Waals surface area contributed by atoms with Crippen LogP contribution in [-0.2, 0) is 26.1 Å². The van der Waals surface area contributed by atoms with Crippen LogP contribution in [0.4, 0.5) is 5.69 Å². The zero-order chi connectivity index (χ0) is 22.0. The van der Waals surface area contributed by atoms with E-state index in [0.29, 0.717) is 24.4 Å². The number of fused-ring (bicyclic) bond motifs is 3. The van der Waals surface area contributed by atoms with Gasteiger partial charge in [0.15, 0.2) is 0 Å². The van der Waals surface area contributed by atoms with E-state index in [-0.39, 0.29) is 31.0 Å². The van der Waals surface area contributed by atoms with E-state index < -0.39 is 22.2 Å². The highest BCUT2D eigenvalue weighted by molar-refractivity contribution is 7.92. The van der Waals surface area contributed by atoms with Gasteiger partial charge in [-0.05, 0) is 36.2 Å². The molecule has 0 radical (unpaired) electrons. The van der Waals surface area contributed by atoms with Crippen molar-refractivity contribution in [2.75, 3.05) is 17.6 Å². The van der Waals surface area contributed by atoms with Gasteiger partial charge in [-0.15, -0.1) is 0 Å². The summed E-state index contributed by atoms with van der Waals surface area (Å²) in [5, 5.41) is 12.7. The fraction of sp³-hybridized carbons (Fsp3) is 0.429. The largest absolute Gasteiger partial charge is 0.487 e. The summed E-state index contributed by atoms with van der Waals surface area (Å²) in [7, 11) is -3.41. The maximum Gasteiger partial charge on any atom is 0.229 e. The van der Waals surface area contributed by atoms with E-state index >= 15 is 0 Å². The van der Waals surface area contributed by atoms with Gasteiger partial charge in [0.25, 0.3) is 0 Å². The van der Waals surface area contributed by atoms with Crippen LogP contribution in [0.1, 0.15) is 29.9 Å². The standard InChI is InChI=1S/C21H25N3O6S/c1-31(27,28)24-14-4-5-18-16(7-14)17-8-15(29-19(12-25)21(17)30-18)9-20(26)23-11-13-3-2-6-22-10-13/h2-7,10,15,17,19,21,24-25H,8-9,11-12H2,1H3,(H,23,26)/t15-,17-,19-,21+/m0/s1. The minimum atomic E-state index is -3.41. The lowest BCUT2D eigenvalue weighted by molar-refractivity contribution is -0.142. The average molecular weight is 448 g/mol. The minimum absolute atomic E-state index is 0.113. The van der Waals surface area contributed by atoms with Crippen LogP contribution in [0.25, 0.3) is 0 Å². The topological polar surface area (TPSA) is 127 Å². The Balaban J connectivity index is 1.45. The normalized spacial score (nSPS) is 24.6. The zero-order valence-electron chi connectivity index (χ0n) is 17.0. The van der Waals surface area contributed by atoms with Crippen LogP contribution in [0.2, 0.25) is 0 Å². The van der Waals surface area contributed by atoms with Crippen molar-refractivity contribution in [3.63, 3.8) is 0 Å². The first-order valence-electron chi connectivity index (χ1n) is 10.0. The van der Waals surface area contributed by atoms with Crippen LogP contribution < -0.4 is 14.8 Å². The van der Waals surface area contributed by atoms with E-state index in [1.54, 1.807) is 30.6 Å². The number of ether oxygens (including phenoxy) is 2. The number of benzene rings is 1. The monoisotopic (exact) mass is 447 g/mol. The van der Waals surface area contributed by atoms with Crippen molar-refractivity contribution in [2.45, 2.75) is 43.6 Å². The molecule has 0 spiro atoms. The second-order valence-electron chi connectivity index (χ2n) is 7.87. The number of aliphatic hydroxyl groups excluding tert-OH is 1. The molecule has 166 valence electrons. The van der Waals surface area contributed by atoms with Crippen molar-refractivity contribution in [1.82, 2.24) is 10.3 Å². The third-order valence-electron chi connectivity index (χ3n) is 5.43. The molecule has 31 heavy (non-hydrogen) atoms. The van der Waals surface area contributed by atoms with Crippen molar-refractivity contribution in [3.05, 3.63) is 53.9 Å². The molecule has 1 amide bonds. The Labute approximate surface area is 180 Å². The molecule has 0 aliphatic carbocycles. The lowest BCUT2D eigenvalue weighted by atomic mass is 9.84. The number of sulfonamides is 1. The lowest BCUT2D eigenvalue weighted by Crippen LogP contribution is -2.47. The third kappa shape index (κ3) is 5.15. The molecule has 0 saturated carbocycles. The Bertz CT molecular complexity index is 1050. The Kier molecular flexibility index (Phi) is 6.12. The van der Waals surface area contributed by atoms with Crippen molar-refractivity contribution < 1.29 is 27.8 Å². The second-order valence-corrected chi connectivity index (χ2v) is 9.62. The predicted octanol–water partition coefficient (Wildman–Crippen LogP) is 1.15. The van der Waals surface area contributed by atoms with Crippen LogP contribution in [0, 0.1) is 0 Å². The molecule has 3 N–H and O–H groups in total. The van der Waals surface area contributed by atoms with Gasteiger partial charge in [0, 0.05) is 36.1 Å². The molecule has 3 heterocycles. The smallest absolute Gasteiger partial charge is 0.229 e. The SMILES string of the molecule is CS(=O)(=O)Nc1ccc2c(c1)[C@@H]1C[C@@H](CC(=O)NCc3cccnc3)O[C@@H](CO)[C@@H]1O2. The van der Waals surface area contributed by atoms with Crippen molar-refractivity contribution in [2.24, 2.45) is 0 Å². The van der Waals surface area contributed by atoms with Crippen LogP contribution in [0.15, 0.2) is 42.7 Å². The molecule has 10 heteroatoms. The Morgan fingerprint density at radius 2 is 2.16 bits per heavy atom. The van der Waals surface area contributed by atoms with Crippen molar-refractivity contribution in [1.29, 1.82) is 0 Å². The Morgan fingerprint density at radius 1 is 1.32 bits per heavy atom. The molecule has 0 unspecified atom stereocenters. The summed E-state index contributed by atoms with van der Waals surface area (Å²) in [5.74, 6) is 0.367. The molecule has 9 nitrogen and oxygen atoms in total. The predicted molar refractivity (Wildman–Crippen MR) is 113 cm³/mol. The van der Waals surface area contributed by atoms with E-state index in [1.807, 2.05) is 12.1 Å². The fourth-order valence-electron chi connectivity index (χ4n) is 4.15. The van der Waals surface area contributed by atoms with Gasteiger partial charge in [0.1, 0.15) is 18.0 Å². The minimum Gasteiger partial charge on any atom is -0.487 e. The highest BCUT2D eigenvalue weighted by Crippen LogP contribution is 2.47. The molecule has 2 aliphatic rings. The number of nitrogens with one attached hydrogen (secondary N) is 2. The summed E-state index contributed by atoms with van der Waals surface area (Å²) in [6, 6.07) is 8.79. The molecule has 0 bridgehead atoms. The maximum absolute atomic E-state index is 12.4. The quantitative estimate of drug-likeness (QED) is 0.581. The fourth-order valence-corrected chi connectivity index (χ4v) is 4.70. The van der Waals surface area contributed by atoms with Gasteiger partial charge in [-0.2, -0.15) is 0 Å². The van der Waals surface area contributed by atoms with Gasteiger partial charge in [0.05, 0.1) is 25.4 Å². The van der Waals surface area contributed by atoms with E-state index in [0.717, 1.165) is 17.4 Å². The maximum atomic E-state index is 12.4. The summed E-state index contributed by atoms with van der Waals surface area (Å²) in [5.41, 5.74) is 2.20. The summed E-state index contributed by atoms with van der Waals surface area (Å²) in [6.07, 6.45) is 3.78. The van der Waals surface area contributed by atoms with E-state index in [9.17, 15) is 18.3 Å². The zero-order valence-corrected chi connectivity index (χ0v) is 17.8. The molecule has 4 atom stereocenters. The number of anilines is 1. The Hall–Kier alpha value is -2.69.